The number of hydrogen-bond acceptors (Lipinski definition) is 3. The third kappa shape index (κ3) is 8.15. The van der Waals surface area contributed by atoms with Gasteiger partial charge in [-0.15, -0.1) is 24.0 Å². The average Bonchev–Trinajstić information content (AvgIpc) is 3.36. The summed E-state index contributed by atoms with van der Waals surface area (Å²) < 4.78 is 5.94. The molecular formula is C17H28IN3OS. The molecule has 0 atom stereocenters. The Balaban J connectivity index is 0.00000264. The summed E-state index contributed by atoms with van der Waals surface area (Å²) in [5.74, 6) is 3.68. The van der Waals surface area contributed by atoms with Crippen molar-refractivity contribution in [3.63, 3.8) is 0 Å². The summed E-state index contributed by atoms with van der Waals surface area (Å²) in [4.78, 5) is 4.66. The maximum atomic E-state index is 5.94. The zero-order valence-corrected chi connectivity index (χ0v) is 17.2. The van der Waals surface area contributed by atoms with Crippen LogP contribution in [0.3, 0.4) is 0 Å². The van der Waals surface area contributed by atoms with E-state index in [4.69, 9.17) is 4.74 Å². The van der Waals surface area contributed by atoms with Crippen LogP contribution in [-0.4, -0.2) is 37.7 Å². The van der Waals surface area contributed by atoms with E-state index in [1.807, 2.05) is 30.0 Å². The lowest BCUT2D eigenvalue weighted by atomic mass is 10.2. The van der Waals surface area contributed by atoms with Crippen molar-refractivity contribution in [2.45, 2.75) is 26.3 Å². The van der Waals surface area contributed by atoms with Gasteiger partial charge in [0.25, 0.3) is 0 Å². The van der Waals surface area contributed by atoms with Gasteiger partial charge in [-0.2, -0.15) is 11.8 Å². The Hall–Kier alpha value is -0.630. The smallest absolute Gasteiger partial charge is 0.191 e. The highest BCUT2D eigenvalue weighted by Crippen LogP contribution is 2.30. The molecule has 1 aliphatic carbocycles. The minimum atomic E-state index is 0. The Morgan fingerprint density at radius 3 is 2.78 bits per heavy atom. The number of halogens is 1. The zero-order valence-electron chi connectivity index (χ0n) is 14.0. The Labute approximate surface area is 161 Å². The molecule has 130 valence electrons. The van der Waals surface area contributed by atoms with Crippen molar-refractivity contribution in [3.05, 3.63) is 29.8 Å². The van der Waals surface area contributed by atoms with Crippen molar-refractivity contribution in [1.29, 1.82) is 0 Å². The number of rotatable bonds is 9. The molecule has 0 amide bonds. The molecule has 0 heterocycles. The van der Waals surface area contributed by atoms with Gasteiger partial charge < -0.3 is 15.4 Å². The molecule has 0 aliphatic heterocycles. The lowest BCUT2D eigenvalue weighted by Gasteiger charge is -2.12. The van der Waals surface area contributed by atoms with Gasteiger partial charge in [-0.05, 0) is 38.0 Å². The molecule has 0 bridgehead atoms. The normalized spacial score (nSPS) is 14.1. The van der Waals surface area contributed by atoms with E-state index >= 15 is 0 Å². The molecule has 1 aromatic carbocycles. The van der Waals surface area contributed by atoms with Crippen LogP contribution in [-0.2, 0) is 6.54 Å². The van der Waals surface area contributed by atoms with Crippen LogP contribution in [0.4, 0.5) is 0 Å². The highest BCUT2D eigenvalue weighted by Gasteiger charge is 2.22. The molecule has 2 rings (SSSR count). The number of benzene rings is 1. The minimum absolute atomic E-state index is 0. The van der Waals surface area contributed by atoms with Crippen LogP contribution in [0.5, 0.6) is 5.75 Å². The van der Waals surface area contributed by atoms with Crippen molar-refractivity contribution < 1.29 is 4.74 Å². The number of aliphatic imine (C=N–C) groups is 1. The molecule has 1 saturated carbocycles. The molecule has 0 aromatic heterocycles. The van der Waals surface area contributed by atoms with E-state index in [1.165, 1.54) is 12.8 Å². The number of thioether (sulfide) groups is 1. The molecule has 1 aromatic rings. The first-order valence-corrected chi connectivity index (χ1v) is 9.44. The molecule has 6 heteroatoms. The van der Waals surface area contributed by atoms with E-state index in [0.717, 1.165) is 48.6 Å². The standard InChI is InChI=1S/C17H27N3OS.HI/c1-3-18-17(19-10-11-22-2)20-12-15-6-4-5-7-16(15)21-13-14-8-9-14;/h4-7,14H,3,8-13H2,1-2H3,(H2,18,19,20);1H. The molecule has 1 aliphatic rings. The van der Waals surface area contributed by atoms with Crippen molar-refractivity contribution >= 4 is 41.7 Å². The van der Waals surface area contributed by atoms with Gasteiger partial charge in [-0.25, -0.2) is 4.99 Å². The van der Waals surface area contributed by atoms with Crippen molar-refractivity contribution in [3.8, 4) is 5.75 Å². The predicted molar refractivity (Wildman–Crippen MR) is 111 cm³/mol. The van der Waals surface area contributed by atoms with Gasteiger partial charge in [0.1, 0.15) is 5.75 Å². The number of para-hydroxylation sites is 1. The Morgan fingerprint density at radius 1 is 1.30 bits per heavy atom. The van der Waals surface area contributed by atoms with Crippen LogP contribution < -0.4 is 15.4 Å². The quantitative estimate of drug-likeness (QED) is 0.262. The van der Waals surface area contributed by atoms with Crippen LogP contribution in [0.25, 0.3) is 0 Å². The summed E-state index contributed by atoms with van der Waals surface area (Å²) in [6, 6.07) is 8.21. The fourth-order valence-electron chi connectivity index (χ4n) is 2.04. The second-order valence-corrected chi connectivity index (χ2v) is 6.46. The van der Waals surface area contributed by atoms with E-state index < -0.39 is 0 Å². The molecule has 23 heavy (non-hydrogen) atoms. The molecule has 0 radical (unpaired) electrons. The Morgan fingerprint density at radius 2 is 2.09 bits per heavy atom. The third-order valence-corrected chi connectivity index (χ3v) is 4.11. The number of guanidine groups is 1. The predicted octanol–water partition coefficient (Wildman–Crippen LogP) is 3.51. The molecule has 0 unspecified atom stereocenters. The van der Waals surface area contributed by atoms with E-state index in [9.17, 15) is 0 Å². The van der Waals surface area contributed by atoms with Gasteiger partial charge in [0.15, 0.2) is 5.96 Å². The van der Waals surface area contributed by atoms with Gasteiger partial charge in [0.05, 0.1) is 13.2 Å². The summed E-state index contributed by atoms with van der Waals surface area (Å²) >= 11 is 1.83. The largest absolute Gasteiger partial charge is 0.493 e. The van der Waals surface area contributed by atoms with Crippen molar-refractivity contribution in [2.24, 2.45) is 10.9 Å². The zero-order chi connectivity index (χ0) is 15.6. The van der Waals surface area contributed by atoms with E-state index in [2.05, 4.69) is 34.9 Å². The van der Waals surface area contributed by atoms with Gasteiger partial charge in [-0.1, -0.05) is 18.2 Å². The lowest BCUT2D eigenvalue weighted by Crippen LogP contribution is -2.38. The van der Waals surface area contributed by atoms with Gasteiger partial charge in [-0.3, -0.25) is 0 Å². The first kappa shape index (κ1) is 20.4. The highest BCUT2D eigenvalue weighted by atomic mass is 127. The maximum Gasteiger partial charge on any atom is 0.191 e. The molecule has 0 saturated heterocycles. The van der Waals surface area contributed by atoms with E-state index in [1.54, 1.807) is 0 Å². The highest BCUT2D eigenvalue weighted by molar-refractivity contribution is 14.0. The van der Waals surface area contributed by atoms with E-state index in [0.29, 0.717) is 6.54 Å². The molecule has 2 N–H and O–H groups in total. The number of nitrogens with one attached hydrogen (secondary N) is 2. The summed E-state index contributed by atoms with van der Waals surface area (Å²) in [6.07, 6.45) is 4.73. The fourth-order valence-corrected chi connectivity index (χ4v) is 2.35. The lowest BCUT2D eigenvalue weighted by molar-refractivity contribution is 0.297. The van der Waals surface area contributed by atoms with Gasteiger partial charge in [0, 0.05) is 24.4 Å². The van der Waals surface area contributed by atoms with Crippen molar-refractivity contribution in [2.75, 3.05) is 31.7 Å². The maximum absolute atomic E-state index is 5.94. The monoisotopic (exact) mass is 449 g/mol. The Bertz CT molecular complexity index is 481. The molecule has 0 spiro atoms. The van der Waals surface area contributed by atoms with Crippen LogP contribution in [0.2, 0.25) is 0 Å². The van der Waals surface area contributed by atoms with Gasteiger partial charge in [0.2, 0.25) is 0 Å². The SMILES string of the molecule is CCNC(=NCc1ccccc1OCC1CC1)NCCSC.I. The second-order valence-electron chi connectivity index (χ2n) is 5.48. The molecule has 4 nitrogen and oxygen atoms in total. The van der Waals surface area contributed by atoms with E-state index in [-0.39, 0.29) is 24.0 Å². The fraction of sp³-hybridized carbons (Fsp3) is 0.588. The summed E-state index contributed by atoms with van der Waals surface area (Å²) in [6.45, 7) is 5.35. The topological polar surface area (TPSA) is 45.7 Å². The number of ether oxygens (including phenoxy) is 1. The third-order valence-electron chi connectivity index (χ3n) is 3.49. The number of hydrogen-bond donors (Lipinski definition) is 2. The summed E-state index contributed by atoms with van der Waals surface area (Å²) in [5.41, 5.74) is 1.14. The first-order valence-electron chi connectivity index (χ1n) is 8.05. The summed E-state index contributed by atoms with van der Waals surface area (Å²) in [5, 5.41) is 6.63. The van der Waals surface area contributed by atoms with Crippen LogP contribution >= 0.6 is 35.7 Å². The van der Waals surface area contributed by atoms with Crippen molar-refractivity contribution in [1.82, 2.24) is 10.6 Å². The number of nitrogens with zero attached hydrogens (tertiary/aromatic N) is 1. The van der Waals surface area contributed by atoms with Gasteiger partial charge >= 0.3 is 0 Å². The Kier molecular flexibility index (Phi) is 10.5. The first-order chi connectivity index (χ1) is 10.8. The minimum Gasteiger partial charge on any atom is -0.493 e. The summed E-state index contributed by atoms with van der Waals surface area (Å²) in [7, 11) is 0. The molecule has 1 fully saturated rings. The molecular weight excluding hydrogens is 421 g/mol. The van der Waals surface area contributed by atoms with Crippen LogP contribution in [0, 0.1) is 5.92 Å². The second kappa shape index (κ2) is 11.8. The average molecular weight is 449 g/mol. The van der Waals surface area contributed by atoms with Crippen LogP contribution in [0.15, 0.2) is 29.3 Å². The van der Waals surface area contributed by atoms with Crippen LogP contribution in [0.1, 0.15) is 25.3 Å².